The number of hydrogen-bond donors (Lipinski definition) is 6. The van der Waals surface area contributed by atoms with Crippen LogP contribution in [0.3, 0.4) is 0 Å². The largest absolute Gasteiger partial charge is 0.352 e. The molecule has 2 aromatic carbocycles. The molecule has 6 N–H and O–H groups in total. The summed E-state index contributed by atoms with van der Waals surface area (Å²) in [7, 11) is 0. The highest BCUT2D eigenvalue weighted by atomic mass is 16.2. The number of nitrogens with one attached hydrogen (secondary N) is 6. The fourth-order valence-corrected chi connectivity index (χ4v) is 3.71. The van der Waals surface area contributed by atoms with Gasteiger partial charge in [0.1, 0.15) is 0 Å². The molecule has 9 heteroatoms. The van der Waals surface area contributed by atoms with Crippen LogP contribution in [0, 0.1) is 0 Å². The van der Waals surface area contributed by atoms with Gasteiger partial charge in [-0.15, -0.1) is 0 Å². The van der Waals surface area contributed by atoms with Gasteiger partial charge in [-0.05, 0) is 68.2 Å². The quantitative estimate of drug-likeness (QED) is 0.226. The molecule has 40 heavy (non-hydrogen) atoms. The summed E-state index contributed by atoms with van der Waals surface area (Å²) < 4.78 is 0. The normalized spacial score (nSPS) is 12.3. The Morgan fingerprint density at radius 2 is 0.625 bits per heavy atom. The zero-order chi connectivity index (χ0) is 30.7. The van der Waals surface area contributed by atoms with Crippen LogP contribution in [0.25, 0.3) is 0 Å². The molecule has 0 saturated heterocycles. The number of hydrazine groups is 2. The fraction of sp³-hybridized carbons (Fsp3) is 0.516. The van der Waals surface area contributed by atoms with Crippen molar-refractivity contribution in [2.75, 3.05) is 10.6 Å². The van der Waals surface area contributed by atoms with E-state index in [2.05, 4.69) is 128 Å². The minimum Gasteiger partial charge on any atom is -0.307 e. The molecule has 0 radical (unpaired) electrons. The van der Waals surface area contributed by atoms with E-state index in [0.717, 1.165) is 22.3 Å². The first kappa shape index (κ1) is 32.5. The molecule has 0 unspecified atom stereocenters. The van der Waals surface area contributed by atoms with Crippen LogP contribution < -0.4 is 32.3 Å². The number of amides is 6. The molecule has 2 rings (SSSR count). The first-order valence-electron chi connectivity index (χ1n) is 13.6. The van der Waals surface area contributed by atoms with E-state index in [-0.39, 0.29) is 21.7 Å². The van der Waals surface area contributed by atoms with Crippen LogP contribution in [0.5, 0.6) is 0 Å². The van der Waals surface area contributed by atoms with Gasteiger partial charge in [0.05, 0.1) is 0 Å². The van der Waals surface area contributed by atoms with E-state index in [1.54, 1.807) is 0 Å². The molecule has 0 spiro atoms. The van der Waals surface area contributed by atoms with Gasteiger partial charge in [-0.1, -0.05) is 95.2 Å². The van der Waals surface area contributed by atoms with Gasteiger partial charge in [0.25, 0.3) is 0 Å². The predicted molar refractivity (Wildman–Crippen MR) is 164 cm³/mol. The Hall–Kier alpha value is -3.75. The second-order valence-corrected chi connectivity index (χ2v) is 14.3. The topological polar surface area (TPSA) is 123 Å². The molecule has 6 amide bonds. The molecular weight excluding hydrogens is 504 g/mol. The number of benzene rings is 2. The first-order chi connectivity index (χ1) is 18.1. The van der Waals surface area contributed by atoms with Gasteiger partial charge in [0.15, 0.2) is 0 Å². The summed E-state index contributed by atoms with van der Waals surface area (Å²) in [5, 5.41) is 5.52. The molecule has 0 atom stereocenters. The summed E-state index contributed by atoms with van der Waals surface area (Å²) in [6, 6.07) is 9.90. The van der Waals surface area contributed by atoms with Crippen LogP contribution in [0.2, 0.25) is 0 Å². The van der Waals surface area contributed by atoms with Gasteiger partial charge in [-0.2, -0.15) is 0 Å². The number of carbonyl (C=O) groups is 3. The van der Waals surface area contributed by atoms with Crippen LogP contribution in [0.15, 0.2) is 36.4 Å². The fourth-order valence-electron chi connectivity index (χ4n) is 3.71. The minimum atomic E-state index is -0.817. The maximum absolute atomic E-state index is 12.5. The second-order valence-electron chi connectivity index (χ2n) is 14.3. The van der Waals surface area contributed by atoms with Crippen LogP contribution in [-0.4, -0.2) is 18.1 Å². The molecule has 0 fully saturated rings. The summed E-state index contributed by atoms with van der Waals surface area (Å²) in [6.45, 7) is 25.3. The Morgan fingerprint density at radius 1 is 0.400 bits per heavy atom. The van der Waals surface area contributed by atoms with Gasteiger partial charge >= 0.3 is 18.1 Å². The van der Waals surface area contributed by atoms with Crippen molar-refractivity contribution in [3.05, 3.63) is 58.7 Å². The highest BCUT2D eigenvalue weighted by Crippen LogP contribution is 2.33. The molecule has 0 bridgehead atoms. The van der Waals surface area contributed by atoms with E-state index in [0.29, 0.717) is 11.4 Å². The molecule has 0 aliphatic carbocycles. The average molecular weight is 553 g/mol. The third-order valence-corrected chi connectivity index (χ3v) is 6.42. The van der Waals surface area contributed by atoms with Crippen molar-refractivity contribution < 1.29 is 14.4 Å². The Kier molecular flexibility index (Phi) is 9.56. The summed E-state index contributed by atoms with van der Waals surface area (Å²) in [5.41, 5.74) is 14.1. The summed E-state index contributed by atoms with van der Waals surface area (Å²) in [5.74, 6) is 0. The zero-order valence-corrected chi connectivity index (χ0v) is 26.2. The smallest absolute Gasteiger partial charge is 0.307 e. The van der Waals surface area contributed by atoms with E-state index in [9.17, 15) is 14.4 Å². The summed E-state index contributed by atoms with van der Waals surface area (Å²) in [4.78, 5) is 37.2. The highest BCUT2D eigenvalue weighted by Gasteiger charge is 2.22. The molecule has 0 heterocycles. The van der Waals surface area contributed by atoms with Crippen molar-refractivity contribution in [2.45, 2.75) is 105 Å². The lowest BCUT2D eigenvalue weighted by atomic mass is 9.80. The first-order valence-corrected chi connectivity index (χ1v) is 13.6. The van der Waals surface area contributed by atoms with Gasteiger partial charge in [0, 0.05) is 11.4 Å². The SMILES string of the molecule is CC(C)(C)c1cc(NC(=O)NNC(=O)NNC(=O)Nc2cc(C(C)(C)C)cc(C(C)(C)C)c2)cc(C(C)(C)C)c1. The van der Waals surface area contributed by atoms with Crippen LogP contribution in [0.4, 0.5) is 25.8 Å². The van der Waals surface area contributed by atoms with Crippen LogP contribution >= 0.6 is 0 Å². The lowest BCUT2D eigenvalue weighted by Gasteiger charge is -2.26. The Morgan fingerprint density at radius 3 is 0.850 bits per heavy atom. The third-order valence-electron chi connectivity index (χ3n) is 6.42. The molecule has 0 saturated carbocycles. The van der Waals surface area contributed by atoms with Gasteiger partial charge in [-0.3, -0.25) is 0 Å². The third kappa shape index (κ3) is 9.77. The molecule has 0 aromatic heterocycles. The Labute approximate surface area is 239 Å². The predicted octanol–water partition coefficient (Wildman–Crippen LogP) is 6.95. The molecule has 0 aliphatic heterocycles. The van der Waals surface area contributed by atoms with E-state index >= 15 is 0 Å². The molecule has 2 aromatic rings. The monoisotopic (exact) mass is 552 g/mol. The van der Waals surface area contributed by atoms with Crippen molar-refractivity contribution >= 4 is 29.5 Å². The van der Waals surface area contributed by atoms with Crippen molar-refractivity contribution in [3.8, 4) is 0 Å². The van der Waals surface area contributed by atoms with Crippen molar-refractivity contribution in [3.63, 3.8) is 0 Å². The lowest BCUT2D eigenvalue weighted by Crippen LogP contribution is -2.54. The zero-order valence-electron chi connectivity index (χ0n) is 26.2. The Balaban J connectivity index is 1.97. The van der Waals surface area contributed by atoms with Gasteiger partial charge < -0.3 is 10.6 Å². The van der Waals surface area contributed by atoms with Crippen LogP contribution in [-0.2, 0) is 21.7 Å². The summed E-state index contributed by atoms with van der Waals surface area (Å²) in [6.07, 6.45) is 0. The van der Waals surface area contributed by atoms with Crippen molar-refractivity contribution in [1.29, 1.82) is 0 Å². The number of urea groups is 3. The number of hydrogen-bond acceptors (Lipinski definition) is 3. The minimum absolute atomic E-state index is 0.110. The molecule has 220 valence electrons. The number of rotatable bonds is 2. The second kappa shape index (κ2) is 11.8. The average Bonchev–Trinajstić information content (AvgIpc) is 2.78. The number of carbonyl (C=O) groups excluding carboxylic acids is 3. The van der Waals surface area contributed by atoms with E-state index < -0.39 is 18.1 Å². The maximum atomic E-state index is 12.5. The molecular formula is C31H48N6O3. The van der Waals surface area contributed by atoms with E-state index in [1.807, 2.05) is 24.3 Å². The number of anilines is 2. The highest BCUT2D eigenvalue weighted by molar-refractivity contribution is 5.93. The van der Waals surface area contributed by atoms with E-state index in [4.69, 9.17) is 0 Å². The maximum Gasteiger partial charge on any atom is 0.352 e. The van der Waals surface area contributed by atoms with Gasteiger partial charge in [-0.25, -0.2) is 36.1 Å². The van der Waals surface area contributed by atoms with Crippen molar-refractivity contribution in [2.24, 2.45) is 0 Å². The van der Waals surface area contributed by atoms with Crippen molar-refractivity contribution in [1.82, 2.24) is 21.7 Å². The standard InChI is InChI=1S/C31H48N6O3/c1-28(2,3)19-13-20(29(4,5)6)16-23(15-19)32-25(38)34-36-27(40)37-35-26(39)33-24-17-21(30(7,8)9)14-22(18-24)31(10,11)12/h13-18H,1-12H3,(H2,32,34,38)(H2,33,35,39)(H2,36,37,40). The Bertz CT molecular complexity index is 1080. The lowest BCUT2D eigenvalue weighted by molar-refractivity contribution is 0.223. The summed E-state index contributed by atoms with van der Waals surface area (Å²) >= 11 is 0. The molecule has 0 aliphatic rings. The van der Waals surface area contributed by atoms with Gasteiger partial charge in [0.2, 0.25) is 0 Å². The van der Waals surface area contributed by atoms with Crippen LogP contribution in [0.1, 0.15) is 105 Å². The molecule has 9 nitrogen and oxygen atoms in total. The van der Waals surface area contributed by atoms with E-state index in [1.165, 1.54) is 0 Å².